The molecule has 0 aliphatic rings. The molecule has 2 aromatic carbocycles. The molecule has 0 aliphatic carbocycles. The zero-order valence-electron chi connectivity index (χ0n) is 12.3. The molecule has 0 radical (unpaired) electrons. The summed E-state index contributed by atoms with van der Waals surface area (Å²) in [6, 6.07) is 15.9. The van der Waals surface area contributed by atoms with Gasteiger partial charge in [0.2, 0.25) is 0 Å². The minimum Gasteiger partial charge on any atom is -0.313 e. The second-order valence-electron chi connectivity index (χ2n) is 5.37. The van der Waals surface area contributed by atoms with Crippen LogP contribution in [-0.4, -0.2) is 7.05 Å². The molecule has 0 bridgehead atoms. The average molecular weight is 253 g/mol. The second-order valence-corrected chi connectivity index (χ2v) is 5.37. The van der Waals surface area contributed by atoms with Crippen LogP contribution in [0.25, 0.3) is 0 Å². The van der Waals surface area contributed by atoms with Gasteiger partial charge in [0.25, 0.3) is 0 Å². The molecule has 0 saturated carbocycles. The first-order valence-corrected chi connectivity index (χ1v) is 6.90. The van der Waals surface area contributed by atoms with Gasteiger partial charge in [-0.05, 0) is 56.5 Å². The van der Waals surface area contributed by atoms with Gasteiger partial charge < -0.3 is 5.32 Å². The molecule has 0 amide bonds. The van der Waals surface area contributed by atoms with Crippen LogP contribution in [0.3, 0.4) is 0 Å². The van der Waals surface area contributed by atoms with Gasteiger partial charge in [-0.3, -0.25) is 0 Å². The van der Waals surface area contributed by atoms with Crippen LogP contribution in [0.2, 0.25) is 0 Å². The maximum Gasteiger partial charge on any atom is 0.0358 e. The fourth-order valence-electron chi connectivity index (χ4n) is 2.35. The number of aryl methyl sites for hydroxylation is 3. The fraction of sp³-hybridized carbons (Fsp3) is 0.333. The minimum absolute atomic E-state index is 0.378. The average Bonchev–Trinajstić information content (AvgIpc) is 2.41. The van der Waals surface area contributed by atoms with Crippen LogP contribution in [0, 0.1) is 20.8 Å². The quantitative estimate of drug-likeness (QED) is 0.864. The van der Waals surface area contributed by atoms with E-state index < -0.39 is 0 Å². The lowest BCUT2D eigenvalue weighted by Crippen LogP contribution is -2.18. The third kappa shape index (κ3) is 3.45. The number of benzene rings is 2. The van der Waals surface area contributed by atoms with E-state index in [2.05, 4.69) is 68.6 Å². The van der Waals surface area contributed by atoms with Gasteiger partial charge in [0.05, 0.1) is 0 Å². The smallest absolute Gasteiger partial charge is 0.0358 e. The molecule has 0 saturated heterocycles. The summed E-state index contributed by atoms with van der Waals surface area (Å²) in [4.78, 5) is 0. The monoisotopic (exact) mass is 253 g/mol. The summed E-state index contributed by atoms with van der Waals surface area (Å²) in [7, 11) is 2.03. The molecule has 1 unspecified atom stereocenters. The molecule has 1 N–H and O–H groups in total. The third-order valence-corrected chi connectivity index (χ3v) is 3.84. The van der Waals surface area contributed by atoms with Crippen molar-refractivity contribution >= 4 is 0 Å². The van der Waals surface area contributed by atoms with E-state index >= 15 is 0 Å². The summed E-state index contributed by atoms with van der Waals surface area (Å²) in [5, 5.41) is 3.42. The number of nitrogens with one attached hydrogen (secondary N) is 1. The Morgan fingerprint density at radius 3 is 2.16 bits per heavy atom. The van der Waals surface area contributed by atoms with E-state index in [1.54, 1.807) is 0 Å². The van der Waals surface area contributed by atoms with Crippen LogP contribution in [-0.2, 0) is 6.42 Å². The van der Waals surface area contributed by atoms with Gasteiger partial charge in [-0.1, -0.05) is 48.0 Å². The summed E-state index contributed by atoms with van der Waals surface area (Å²) in [6.45, 7) is 6.47. The number of likely N-dealkylation sites (N-methyl/N-ethyl adjacent to an activating group) is 1. The lowest BCUT2D eigenvalue weighted by atomic mass is 9.96. The molecule has 100 valence electrons. The Hall–Kier alpha value is -1.60. The Morgan fingerprint density at radius 2 is 1.58 bits per heavy atom. The molecule has 1 heteroatoms. The second kappa shape index (κ2) is 6.03. The van der Waals surface area contributed by atoms with Crippen LogP contribution in [0.5, 0.6) is 0 Å². The van der Waals surface area contributed by atoms with Gasteiger partial charge in [0, 0.05) is 6.04 Å². The van der Waals surface area contributed by atoms with Crippen molar-refractivity contribution in [2.75, 3.05) is 7.05 Å². The maximum atomic E-state index is 3.42. The van der Waals surface area contributed by atoms with Crippen molar-refractivity contribution in [3.63, 3.8) is 0 Å². The van der Waals surface area contributed by atoms with E-state index in [-0.39, 0.29) is 0 Å². The Balaban J connectivity index is 2.18. The molecule has 0 spiro atoms. The van der Waals surface area contributed by atoms with E-state index in [1.807, 2.05) is 7.05 Å². The van der Waals surface area contributed by atoms with Gasteiger partial charge in [-0.15, -0.1) is 0 Å². The summed E-state index contributed by atoms with van der Waals surface area (Å²) in [6.07, 6.45) is 1.03. The fourth-order valence-corrected chi connectivity index (χ4v) is 2.35. The van der Waals surface area contributed by atoms with E-state index in [0.29, 0.717) is 6.04 Å². The van der Waals surface area contributed by atoms with Crippen LogP contribution in [0.4, 0.5) is 0 Å². The SMILES string of the molecule is CNC(Cc1ccc(C)c(C)c1)c1ccc(C)cc1. The number of hydrogen-bond acceptors (Lipinski definition) is 1. The molecule has 0 aromatic heterocycles. The molecule has 1 atom stereocenters. The molecule has 19 heavy (non-hydrogen) atoms. The van der Waals surface area contributed by atoms with E-state index in [4.69, 9.17) is 0 Å². The Bertz CT molecular complexity index is 540. The Kier molecular flexibility index (Phi) is 4.39. The number of rotatable bonds is 4. The van der Waals surface area contributed by atoms with E-state index in [0.717, 1.165) is 6.42 Å². The van der Waals surface area contributed by atoms with Crippen LogP contribution in [0.15, 0.2) is 42.5 Å². The lowest BCUT2D eigenvalue weighted by Gasteiger charge is -2.17. The van der Waals surface area contributed by atoms with Crippen molar-refractivity contribution in [2.45, 2.75) is 33.2 Å². The zero-order valence-corrected chi connectivity index (χ0v) is 12.3. The van der Waals surface area contributed by atoms with Crippen LogP contribution < -0.4 is 5.32 Å². The van der Waals surface area contributed by atoms with Gasteiger partial charge in [-0.25, -0.2) is 0 Å². The third-order valence-electron chi connectivity index (χ3n) is 3.84. The topological polar surface area (TPSA) is 12.0 Å². The van der Waals surface area contributed by atoms with Crippen molar-refractivity contribution in [3.8, 4) is 0 Å². The van der Waals surface area contributed by atoms with Crippen molar-refractivity contribution in [1.82, 2.24) is 5.32 Å². The first-order valence-electron chi connectivity index (χ1n) is 6.90. The van der Waals surface area contributed by atoms with Gasteiger partial charge in [0.15, 0.2) is 0 Å². The minimum atomic E-state index is 0.378. The molecule has 1 nitrogen and oxygen atoms in total. The predicted octanol–water partition coefficient (Wildman–Crippen LogP) is 4.12. The number of hydrogen-bond donors (Lipinski definition) is 1. The molecule has 0 heterocycles. The van der Waals surface area contributed by atoms with E-state index in [1.165, 1.54) is 27.8 Å². The maximum absolute atomic E-state index is 3.42. The normalized spacial score (nSPS) is 12.4. The van der Waals surface area contributed by atoms with Crippen LogP contribution in [0.1, 0.15) is 33.9 Å². The summed E-state index contributed by atoms with van der Waals surface area (Å²) in [5.74, 6) is 0. The van der Waals surface area contributed by atoms with Crippen molar-refractivity contribution < 1.29 is 0 Å². The van der Waals surface area contributed by atoms with Gasteiger partial charge in [-0.2, -0.15) is 0 Å². The Morgan fingerprint density at radius 1 is 0.895 bits per heavy atom. The highest BCUT2D eigenvalue weighted by molar-refractivity contribution is 5.32. The van der Waals surface area contributed by atoms with Crippen LogP contribution >= 0.6 is 0 Å². The summed E-state index contributed by atoms with van der Waals surface area (Å²) in [5.41, 5.74) is 6.79. The van der Waals surface area contributed by atoms with Gasteiger partial charge >= 0.3 is 0 Å². The zero-order chi connectivity index (χ0) is 13.8. The predicted molar refractivity (Wildman–Crippen MR) is 82.6 cm³/mol. The molecule has 0 fully saturated rings. The highest BCUT2D eigenvalue weighted by Gasteiger charge is 2.10. The highest BCUT2D eigenvalue weighted by atomic mass is 14.9. The van der Waals surface area contributed by atoms with E-state index in [9.17, 15) is 0 Å². The van der Waals surface area contributed by atoms with Crippen molar-refractivity contribution in [1.29, 1.82) is 0 Å². The Labute approximate surface area is 116 Å². The molecule has 2 aromatic rings. The first-order chi connectivity index (χ1) is 9.10. The highest BCUT2D eigenvalue weighted by Crippen LogP contribution is 2.20. The summed E-state index contributed by atoms with van der Waals surface area (Å²) >= 11 is 0. The van der Waals surface area contributed by atoms with Crippen molar-refractivity contribution in [2.24, 2.45) is 0 Å². The molecule has 2 rings (SSSR count). The van der Waals surface area contributed by atoms with Crippen molar-refractivity contribution in [3.05, 3.63) is 70.3 Å². The summed E-state index contributed by atoms with van der Waals surface area (Å²) < 4.78 is 0. The largest absolute Gasteiger partial charge is 0.313 e. The first kappa shape index (κ1) is 13.8. The molecule has 0 aliphatic heterocycles. The molecular weight excluding hydrogens is 230 g/mol. The van der Waals surface area contributed by atoms with Gasteiger partial charge in [0.1, 0.15) is 0 Å². The molecular formula is C18H23N. The lowest BCUT2D eigenvalue weighted by molar-refractivity contribution is 0.592. The standard InChI is InChI=1S/C18H23N/c1-13-5-9-17(10-6-13)18(19-4)12-16-8-7-14(2)15(3)11-16/h5-11,18-19H,12H2,1-4H3.